The van der Waals surface area contributed by atoms with Crippen molar-refractivity contribution in [3.05, 3.63) is 35.9 Å². The van der Waals surface area contributed by atoms with Gasteiger partial charge in [-0.25, -0.2) is 0 Å². The summed E-state index contributed by atoms with van der Waals surface area (Å²) in [5.74, 6) is 0.814. The van der Waals surface area contributed by atoms with Crippen molar-refractivity contribution in [3.8, 4) is 0 Å². The van der Waals surface area contributed by atoms with Crippen molar-refractivity contribution in [2.24, 2.45) is 10.9 Å². The van der Waals surface area contributed by atoms with Gasteiger partial charge in [-0.1, -0.05) is 49.6 Å². The standard InChI is InChI=1S/C15H21N/c1-13(15-10-6-3-7-11-15)16-12-14-8-4-2-5-9-14/h2,4-5,8-9,12-13,15H,3,6-7,10-11H2,1H3/t13-/m1/s1. The Kier molecular flexibility index (Phi) is 4.15. The molecule has 1 fully saturated rings. The number of hydrogen-bond donors (Lipinski definition) is 0. The first-order valence-electron chi connectivity index (χ1n) is 6.44. The van der Waals surface area contributed by atoms with Crippen LogP contribution in [0.15, 0.2) is 35.3 Å². The fraction of sp³-hybridized carbons (Fsp3) is 0.533. The molecule has 1 heteroatoms. The molecule has 16 heavy (non-hydrogen) atoms. The maximum atomic E-state index is 4.69. The lowest BCUT2D eigenvalue weighted by Gasteiger charge is -2.24. The predicted octanol–water partition coefficient (Wildman–Crippen LogP) is 4.07. The summed E-state index contributed by atoms with van der Waals surface area (Å²) in [4.78, 5) is 4.69. The molecule has 1 aliphatic carbocycles. The highest BCUT2D eigenvalue weighted by molar-refractivity contribution is 5.79. The van der Waals surface area contributed by atoms with E-state index in [1.807, 2.05) is 12.3 Å². The average molecular weight is 215 g/mol. The first kappa shape index (κ1) is 11.4. The summed E-state index contributed by atoms with van der Waals surface area (Å²) in [6.45, 7) is 2.26. The maximum Gasteiger partial charge on any atom is 0.0499 e. The molecule has 1 aromatic rings. The molecule has 0 radical (unpaired) electrons. The fourth-order valence-electron chi connectivity index (χ4n) is 2.48. The van der Waals surface area contributed by atoms with Gasteiger partial charge in [0.25, 0.3) is 0 Å². The summed E-state index contributed by atoms with van der Waals surface area (Å²) in [6, 6.07) is 10.9. The lowest BCUT2D eigenvalue weighted by Crippen LogP contribution is -2.18. The van der Waals surface area contributed by atoms with Crippen molar-refractivity contribution in [1.29, 1.82) is 0 Å². The van der Waals surface area contributed by atoms with Crippen LogP contribution in [0.1, 0.15) is 44.6 Å². The quantitative estimate of drug-likeness (QED) is 0.674. The van der Waals surface area contributed by atoms with Crippen molar-refractivity contribution in [1.82, 2.24) is 0 Å². The van der Waals surface area contributed by atoms with E-state index in [1.54, 1.807) is 0 Å². The molecule has 1 atom stereocenters. The Morgan fingerprint density at radius 1 is 1.12 bits per heavy atom. The first-order valence-corrected chi connectivity index (χ1v) is 6.44. The largest absolute Gasteiger partial charge is 0.289 e. The number of hydrogen-bond acceptors (Lipinski definition) is 1. The van der Waals surface area contributed by atoms with Gasteiger partial charge in [-0.15, -0.1) is 0 Å². The van der Waals surface area contributed by atoms with Crippen LogP contribution >= 0.6 is 0 Å². The molecule has 0 heterocycles. The Balaban J connectivity index is 1.91. The van der Waals surface area contributed by atoms with Crippen molar-refractivity contribution in [2.45, 2.75) is 45.1 Å². The monoisotopic (exact) mass is 215 g/mol. The molecule has 86 valence electrons. The van der Waals surface area contributed by atoms with Gasteiger partial charge in [0.05, 0.1) is 0 Å². The average Bonchev–Trinajstić information content (AvgIpc) is 2.38. The lowest BCUT2D eigenvalue weighted by atomic mass is 9.85. The molecule has 0 N–H and O–H groups in total. The molecular weight excluding hydrogens is 194 g/mol. The van der Waals surface area contributed by atoms with Crippen LogP contribution in [0.3, 0.4) is 0 Å². The number of rotatable bonds is 3. The lowest BCUT2D eigenvalue weighted by molar-refractivity contribution is 0.318. The van der Waals surface area contributed by atoms with Crippen molar-refractivity contribution in [2.75, 3.05) is 0 Å². The van der Waals surface area contributed by atoms with E-state index in [2.05, 4.69) is 31.2 Å². The van der Waals surface area contributed by atoms with E-state index in [0.29, 0.717) is 6.04 Å². The molecule has 0 unspecified atom stereocenters. The molecule has 0 bridgehead atoms. The number of benzene rings is 1. The second kappa shape index (κ2) is 5.83. The van der Waals surface area contributed by atoms with Crippen LogP contribution in [0.4, 0.5) is 0 Å². The summed E-state index contributed by atoms with van der Waals surface area (Å²) in [5.41, 5.74) is 1.21. The van der Waals surface area contributed by atoms with Crippen molar-refractivity contribution < 1.29 is 0 Å². The minimum absolute atomic E-state index is 0.487. The maximum absolute atomic E-state index is 4.69. The van der Waals surface area contributed by atoms with E-state index >= 15 is 0 Å². The summed E-state index contributed by atoms with van der Waals surface area (Å²) in [5, 5.41) is 0. The van der Waals surface area contributed by atoms with Crippen molar-refractivity contribution >= 4 is 6.21 Å². The first-order chi connectivity index (χ1) is 7.86. The van der Waals surface area contributed by atoms with E-state index in [1.165, 1.54) is 37.7 Å². The minimum atomic E-state index is 0.487. The van der Waals surface area contributed by atoms with E-state index < -0.39 is 0 Å². The molecule has 1 saturated carbocycles. The van der Waals surface area contributed by atoms with E-state index in [-0.39, 0.29) is 0 Å². The zero-order chi connectivity index (χ0) is 11.2. The van der Waals surface area contributed by atoms with Crippen molar-refractivity contribution in [3.63, 3.8) is 0 Å². The second-order valence-electron chi connectivity index (χ2n) is 4.83. The number of aliphatic imine (C=N–C) groups is 1. The van der Waals surface area contributed by atoms with Crippen LogP contribution in [0.5, 0.6) is 0 Å². The van der Waals surface area contributed by atoms with Gasteiger partial charge < -0.3 is 0 Å². The SMILES string of the molecule is C[C@@H](N=Cc1ccccc1)C1CCCCC1. The topological polar surface area (TPSA) is 12.4 Å². The summed E-state index contributed by atoms with van der Waals surface area (Å²) in [7, 11) is 0. The van der Waals surface area contributed by atoms with Gasteiger partial charge in [0.15, 0.2) is 0 Å². The molecular formula is C15H21N. The van der Waals surface area contributed by atoms with Gasteiger partial charge in [-0.05, 0) is 31.2 Å². The Hall–Kier alpha value is -1.11. The smallest absolute Gasteiger partial charge is 0.0499 e. The molecule has 0 aliphatic heterocycles. The molecule has 2 rings (SSSR count). The normalized spacial score (nSPS) is 20.1. The van der Waals surface area contributed by atoms with Crippen LogP contribution < -0.4 is 0 Å². The third-order valence-electron chi connectivity index (χ3n) is 3.59. The Morgan fingerprint density at radius 2 is 1.81 bits per heavy atom. The van der Waals surface area contributed by atoms with Gasteiger partial charge in [0.1, 0.15) is 0 Å². The minimum Gasteiger partial charge on any atom is -0.289 e. The predicted molar refractivity (Wildman–Crippen MR) is 70.1 cm³/mol. The molecule has 0 amide bonds. The zero-order valence-electron chi connectivity index (χ0n) is 10.1. The molecule has 1 aromatic carbocycles. The Bertz CT molecular complexity index is 323. The summed E-state index contributed by atoms with van der Waals surface area (Å²) in [6.07, 6.45) is 8.98. The van der Waals surface area contributed by atoms with Gasteiger partial charge in [0, 0.05) is 12.3 Å². The Morgan fingerprint density at radius 3 is 2.50 bits per heavy atom. The van der Waals surface area contributed by atoms with E-state index in [0.717, 1.165) is 5.92 Å². The van der Waals surface area contributed by atoms with Crippen LogP contribution in [0.25, 0.3) is 0 Å². The molecule has 0 spiro atoms. The number of nitrogens with zero attached hydrogens (tertiary/aromatic N) is 1. The van der Waals surface area contributed by atoms with Gasteiger partial charge in [-0.2, -0.15) is 0 Å². The van der Waals surface area contributed by atoms with E-state index in [4.69, 9.17) is 4.99 Å². The summed E-state index contributed by atoms with van der Waals surface area (Å²) < 4.78 is 0. The Labute approximate surface area is 98.6 Å². The third-order valence-corrected chi connectivity index (χ3v) is 3.59. The highest BCUT2D eigenvalue weighted by Gasteiger charge is 2.18. The van der Waals surface area contributed by atoms with Crippen LogP contribution in [-0.2, 0) is 0 Å². The third kappa shape index (κ3) is 3.19. The van der Waals surface area contributed by atoms with Crippen LogP contribution in [-0.4, -0.2) is 12.3 Å². The zero-order valence-corrected chi connectivity index (χ0v) is 10.1. The highest BCUT2D eigenvalue weighted by atomic mass is 14.8. The fourth-order valence-corrected chi connectivity index (χ4v) is 2.48. The summed E-state index contributed by atoms with van der Waals surface area (Å²) >= 11 is 0. The molecule has 1 aliphatic rings. The molecule has 0 saturated heterocycles. The van der Waals surface area contributed by atoms with Crippen LogP contribution in [0.2, 0.25) is 0 Å². The van der Waals surface area contributed by atoms with Gasteiger partial charge in [0.2, 0.25) is 0 Å². The second-order valence-corrected chi connectivity index (χ2v) is 4.83. The molecule has 0 aromatic heterocycles. The van der Waals surface area contributed by atoms with Gasteiger partial charge in [-0.3, -0.25) is 4.99 Å². The molecule has 1 nitrogen and oxygen atoms in total. The van der Waals surface area contributed by atoms with E-state index in [9.17, 15) is 0 Å². The van der Waals surface area contributed by atoms with Crippen LogP contribution in [0, 0.1) is 5.92 Å². The van der Waals surface area contributed by atoms with Gasteiger partial charge >= 0.3 is 0 Å². The highest BCUT2D eigenvalue weighted by Crippen LogP contribution is 2.27.